The average Bonchev–Trinajstić information content (AvgIpc) is 3.94. The molecule has 6 nitrogen and oxygen atoms in total. The number of benzene rings is 1. The first kappa shape index (κ1) is 30.2. The van der Waals surface area contributed by atoms with Crippen LogP contribution in [0, 0.1) is 11.8 Å². The number of fused-ring (bicyclic) bond motifs is 1. The fraction of sp³-hybridized carbons (Fsp3) is 0.515. The second kappa shape index (κ2) is 14.2. The molecule has 0 spiro atoms. The Morgan fingerprint density at radius 3 is 2.45 bits per heavy atom. The minimum atomic E-state index is -0.465. The topological polar surface area (TPSA) is 77.5 Å². The Morgan fingerprint density at radius 1 is 1.10 bits per heavy atom. The molecule has 1 aromatic carbocycles. The van der Waals surface area contributed by atoms with Gasteiger partial charge in [-0.05, 0) is 98.6 Å². The van der Waals surface area contributed by atoms with Crippen LogP contribution in [0.25, 0.3) is 0 Å². The maximum Gasteiger partial charge on any atom is 0.270 e. The number of hydrogen-bond donors (Lipinski definition) is 3. The SMILES string of the molecule is CC.CC.CSc1ccc(C(CO)NC(=O)c2ccc3c(n2)CCCN3C2=CC(C3CC3)NC(C3CC3)=C2)cc1. The van der Waals surface area contributed by atoms with Crippen molar-refractivity contribution in [3.63, 3.8) is 0 Å². The summed E-state index contributed by atoms with van der Waals surface area (Å²) in [6.07, 6.45) is 13.9. The Morgan fingerprint density at radius 2 is 1.82 bits per heavy atom. The van der Waals surface area contributed by atoms with Crippen LogP contribution in [-0.2, 0) is 6.42 Å². The summed E-state index contributed by atoms with van der Waals surface area (Å²) in [6, 6.07) is 11.8. The fourth-order valence-electron chi connectivity index (χ4n) is 5.32. The molecule has 2 atom stereocenters. The highest BCUT2D eigenvalue weighted by atomic mass is 32.2. The molecule has 0 saturated heterocycles. The van der Waals surface area contributed by atoms with E-state index in [1.54, 1.807) is 11.8 Å². The predicted molar refractivity (Wildman–Crippen MR) is 167 cm³/mol. The lowest BCUT2D eigenvalue weighted by molar-refractivity contribution is 0.0911. The molecule has 2 fully saturated rings. The number of carbonyl (C=O) groups excluding carboxylic acids is 1. The molecule has 2 unspecified atom stereocenters. The fourth-order valence-corrected chi connectivity index (χ4v) is 5.73. The highest BCUT2D eigenvalue weighted by molar-refractivity contribution is 7.98. The zero-order valence-electron chi connectivity index (χ0n) is 24.7. The van der Waals surface area contributed by atoms with Crippen molar-refractivity contribution >= 4 is 23.4 Å². The van der Waals surface area contributed by atoms with E-state index < -0.39 is 6.04 Å². The quantitative estimate of drug-likeness (QED) is 0.314. The number of pyridine rings is 1. The van der Waals surface area contributed by atoms with Crippen molar-refractivity contribution in [1.82, 2.24) is 15.6 Å². The number of dihydropyridines is 1. The van der Waals surface area contributed by atoms with Gasteiger partial charge in [-0.25, -0.2) is 4.98 Å². The van der Waals surface area contributed by atoms with Crippen LogP contribution in [0.15, 0.2) is 64.8 Å². The molecule has 7 heteroatoms. The summed E-state index contributed by atoms with van der Waals surface area (Å²) >= 11 is 1.67. The molecule has 40 heavy (non-hydrogen) atoms. The maximum atomic E-state index is 13.1. The van der Waals surface area contributed by atoms with Crippen molar-refractivity contribution in [2.75, 3.05) is 24.3 Å². The zero-order valence-corrected chi connectivity index (χ0v) is 25.6. The monoisotopic (exact) mass is 562 g/mol. The van der Waals surface area contributed by atoms with Gasteiger partial charge in [-0.3, -0.25) is 4.79 Å². The second-order valence-corrected chi connectivity index (χ2v) is 11.3. The molecule has 216 valence electrons. The van der Waals surface area contributed by atoms with E-state index in [0.29, 0.717) is 17.7 Å². The Kier molecular flexibility index (Phi) is 10.7. The van der Waals surface area contributed by atoms with E-state index in [0.717, 1.165) is 47.1 Å². The van der Waals surface area contributed by atoms with Crippen molar-refractivity contribution < 1.29 is 9.90 Å². The molecule has 3 heterocycles. The van der Waals surface area contributed by atoms with E-state index >= 15 is 0 Å². The molecule has 2 aliphatic heterocycles. The first-order valence-electron chi connectivity index (χ1n) is 15.2. The summed E-state index contributed by atoms with van der Waals surface area (Å²) in [4.78, 5) is 21.4. The van der Waals surface area contributed by atoms with E-state index in [-0.39, 0.29) is 12.5 Å². The summed E-state index contributed by atoms with van der Waals surface area (Å²) in [5, 5.41) is 16.7. The van der Waals surface area contributed by atoms with Crippen LogP contribution in [-0.4, -0.2) is 41.4 Å². The molecule has 1 aromatic heterocycles. The van der Waals surface area contributed by atoms with Crippen molar-refractivity contribution in [2.24, 2.45) is 11.8 Å². The van der Waals surface area contributed by atoms with E-state index in [1.165, 1.54) is 37.1 Å². The number of nitrogens with zero attached hydrogens (tertiary/aromatic N) is 2. The number of aliphatic hydroxyl groups is 1. The first-order chi connectivity index (χ1) is 19.6. The van der Waals surface area contributed by atoms with Crippen LogP contribution in [0.4, 0.5) is 5.69 Å². The van der Waals surface area contributed by atoms with Gasteiger partial charge in [0.2, 0.25) is 0 Å². The predicted octanol–water partition coefficient (Wildman–Crippen LogP) is 6.63. The van der Waals surface area contributed by atoms with Crippen molar-refractivity contribution in [3.05, 3.63) is 76.9 Å². The number of anilines is 1. The van der Waals surface area contributed by atoms with Gasteiger partial charge in [0.05, 0.1) is 24.0 Å². The van der Waals surface area contributed by atoms with Gasteiger partial charge in [-0.2, -0.15) is 0 Å². The number of aliphatic hydroxyl groups excluding tert-OH is 1. The van der Waals surface area contributed by atoms with Gasteiger partial charge in [-0.15, -0.1) is 11.8 Å². The van der Waals surface area contributed by atoms with E-state index in [4.69, 9.17) is 4.98 Å². The van der Waals surface area contributed by atoms with Crippen LogP contribution in [0.2, 0.25) is 0 Å². The molecule has 6 rings (SSSR count). The first-order valence-corrected chi connectivity index (χ1v) is 16.4. The molecule has 2 saturated carbocycles. The van der Waals surface area contributed by atoms with Crippen LogP contribution >= 0.6 is 11.8 Å². The summed E-state index contributed by atoms with van der Waals surface area (Å²) in [5.74, 6) is 1.20. The molecule has 1 amide bonds. The summed E-state index contributed by atoms with van der Waals surface area (Å²) in [5.41, 5.74) is 6.05. The van der Waals surface area contributed by atoms with E-state index in [2.05, 4.69) is 33.8 Å². The molecule has 4 aliphatic rings. The lowest BCUT2D eigenvalue weighted by Crippen LogP contribution is -2.37. The summed E-state index contributed by atoms with van der Waals surface area (Å²) in [6.45, 7) is 8.81. The lowest BCUT2D eigenvalue weighted by Gasteiger charge is -2.35. The zero-order chi connectivity index (χ0) is 28.6. The van der Waals surface area contributed by atoms with Crippen LogP contribution in [0.3, 0.4) is 0 Å². The third-order valence-corrected chi connectivity index (χ3v) is 8.46. The Balaban J connectivity index is 0.000000886. The molecule has 0 radical (unpaired) electrons. The lowest BCUT2D eigenvalue weighted by atomic mass is 10.0. The number of nitrogens with one attached hydrogen (secondary N) is 2. The van der Waals surface area contributed by atoms with Crippen molar-refractivity contribution in [1.29, 1.82) is 0 Å². The highest BCUT2D eigenvalue weighted by Gasteiger charge is 2.37. The third-order valence-electron chi connectivity index (χ3n) is 7.72. The number of thioether (sulfide) groups is 1. The summed E-state index contributed by atoms with van der Waals surface area (Å²) < 4.78 is 0. The van der Waals surface area contributed by atoms with Crippen molar-refractivity contribution in [3.8, 4) is 0 Å². The van der Waals surface area contributed by atoms with Crippen LogP contribution in [0.1, 0.15) is 87.6 Å². The number of aryl methyl sites for hydroxylation is 1. The normalized spacial score (nSPS) is 20.2. The molecule has 0 bridgehead atoms. The third kappa shape index (κ3) is 7.10. The second-order valence-electron chi connectivity index (χ2n) is 10.4. The number of carbonyl (C=O) groups is 1. The maximum absolute atomic E-state index is 13.1. The Labute approximate surface area is 244 Å². The average molecular weight is 563 g/mol. The molecule has 2 aliphatic carbocycles. The van der Waals surface area contributed by atoms with Gasteiger partial charge in [0.1, 0.15) is 5.69 Å². The standard InChI is InChI=1S/C29H34N4O2S.2C2H6/c1-36-22-10-8-20(9-11-22)27(17-34)32-29(35)24-12-13-28-23(30-24)3-2-14-33(28)21-15-25(18-4-5-18)31-26(16-21)19-6-7-19;2*1-2/h8-13,15-16,18-19,25,27,31,34H,2-7,14,17H2,1H3,(H,32,35);2*1-2H3. The Hall–Kier alpha value is -2.77. The van der Waals surface area contributed by atoms with Crippen molar-refractivity contribution in [2.45, 2.75) is 83.2 Å². The molecular formula is C33H46N4O2S. The summed E-state index contributed by atoms with van der Waals surface area (Å²) in [7, 11) is 0. The van der Waals surface area contributed by atoms with Gasteiger partial charge < -0.3 is 20.6 Å². The number of amides is 1. The smallest absolute Gasteiger partial charge is 0.270 e. The van der Waals surface area contributed by atoms with Gasteiger partial charge in [0.25, 0.3) is 5.91 Å². The number of rotatable bonds is 8. The number of hydrogen-bond acceptors (Lipinski definition) is 6. The molecular weight excluding hydrogens is 516 g/mol. The van der Waals surface area contributed by atoms with Gasteiger partial charge in [0.15, 0.2) is 0 Å². The Bertz CT molecular complexity index is 1200. The van der Waals surface area contributed by atoms with E-state index in [1.807, 2.05) is 64.3 Å². The minimum Gasteiger partial charge on any atom is -0.394 e. The van der Waals surface area contributed by atoms with Crippen LogP contribution < -0.4 is 15.5 Å². The van der Waals surface area contributed by atoms with Gasteiger partial charge in [0, 0.05) is 28.9 Å². The highest BCUT2D eigenvalue weighted by Crippen LogP contribution is 2.42. The minimum absolute atomic E-state index is 0.164. The van der Waals surface area contributed by atoms with Gasteiger partial charge in [-0.1, -0.05) is 39.8 Å². The largest absolute Gasteiger partial charge is 0.394 e. The number of allylic oxidation sites excluding steroid dienone is 2. The molecule has 2 aromatic rings. The molecule has 3 N–H and O–H groups in total. The number of aromatic nitrogens is 1. The van der Waals surface area contributed by atoms with E-state index in [9.17, 15) is 9.90 Å². The van der Waals surface area contributed by atoms with Gasteiger partial charge >= 0.3 is 0 Å². The van der Waals surface area contributed by atoms with Crippen LogP contribution in [0.5, 0.6) is 0 Å².